The van der Waals surface area contributed by atoms with E-state index in [0.717, 1.165) is 11.8 Å². The van der Waals surface area contributed by atoms with Crippen molar-refractivity contribution in [1.82, 2.24) is 10.7 Å². The van der Waals surface area contributed by atoms with E-state index in [-0.39, 0.29) is 13.2 Å². The molecule has 5 nitrogen and oxygen atoms in total. The maximum Gasteiger partial charge on any atom is 0.237 e. The molecule has 2 rings (SSSR count). The van der Waals surface area contributed by atoms with Crippen LogP contribution < -0.4 is 10.4 Å². The van der Waals surface area contributed by atoms with Crippen molar-refractivity contribution in [2.75, 3.05) is 18.2 Å². The maximum absolute atomic E-state index is 13.0. The monoisotopic (exact) mass is 235 g/mol. The van der Waals surface area contributed by atoms with Crippen LogP contribution in [0, 0.1) is 6.20 Å². The van der Waals surface area contributed by atoms with E-state index in [9.17, 15) is 4.39 Å². The van der Waals surface area contributed by atoms with Crippen molar-refractivity contribution >= 4 is 11.7 Å². The second kappa shape index (κ2) is 5.31. The Bertz CT molecular complexity index is 421. The standard InChI is InChI=1S/C11H12FN4O/c12-11-6-7-13-16(14-11)15(8-9-17)10-4-2-1-3-5-10/h1-6,13,17H,8-9H2. The maximum atomic E-state index is 13.0. The first-order chi connectivity index (χ1) is 8.31. The number of nitrogens with zero attached hydrogens (tertiary/aromatic N) is 3. The van der Waals surface area contributed by atoms with E-state index in [0.29, 0.717) is 0 Å². The number of aliphatic hydroxyl groups is 1. The number of hydrogen-bond donors (Lipinski definition) is 2. The van der Waals surface area contributed by atoms with E-state index in [4.69, 9.17) is 5.11 Å². The molecular weight excluding hydrogens is 223 g/mol. The molecule has 0 unspecified atom stereocenters. The summed E-state index contributed by atoms with van der Waals surface area (Å²) in [7, 11) is 0. The van der Waals surface area contributed by atoms with Gasteiger partial charge < -0.3 is 5.11 Å². The normalized spacial score (nSPS) is 14.2. The van der Waals surface area contributed by atoms with Gasteiger partial charge in [0, 0.05) is 6.08 Å². The molecule has 1 aliphatic heterocycles. The molecule has 0 bridgehead atoms. The minimum atomic E-state index is -0.650. The second-order valence-corrected chi connectivity index (χ2v) is 3.29. The minimum Gasteiger partial charge on any atom is -0.394 e. The summed E-state index contributed by atoms with van der Waals surface area (Å²) >= 11 is 0. The van der Waals surface area contributed by atoms with Crippen molar-refractivity contribution in [3.05, 3.63) is 42.6 Å². The molecule has 1 heterocycles. The van der Waals surface area contributed by atoms with Crippen LogP contribution in [0.2, 0.25) is 0 Å². The van der Waals surface area contributed by atoms with E-state index in [2.05, 4.69) is 16.7 Å². The van der Waals surface area contributed by atoms with Gasteiger partial charge >= 0.3 is 0 Å². The summed E-state index contributed by atoms with van der Waals surface area (Å²) in [6, 6.07) is 9.25. The van der Waals surface area contributed by atoms with Gasteiger partial charge in [0.05, 0.1) is 25.0 Å². The lowest BCUT2D eigenvalue weighted by Gasteiger charge is -2.33. The van der Waals surface area contributed by atoms with Crippen molar-refractivity contribution in [3.63, 3.8) is 0 Å². The fourth-order valence-electron chi connectivity index (χ4n) is 1.44. The smallest absolute Gasteiger partial charge is 0.237 e. The molecule has 1 aromatic rings. The first kappa shape index (κ1) is 11.4. The third-order valence-electron chi connectivity index (χ3n) is 2.14. The molecule has 1 aromatic carbocycles. The lowest BCUT2D eigenvalue weighted by Crippen LogP contribution is -2.48. The van der Waals surface area contributed by atoms with Gasteiger partial charge in [-0.05, 0) is 12.1 Å². The third-order valence-corrected chi connectivity index (χ3v) is 2.14. The van der Waals surface area contributed by atoms with Gasteiger partial charge in [-0.25, -0.2) is 5.01 Å². The summed E-state index contributed by atoms with van der Waals surface area (Å²) in [5.74, 6) is -0.650. The molecule has 0 amide bonds. The van der Waals surface area contributed by atoms with Crippen molar-refractivity contribution in [2.24, 2.45) is 5.10 Å². The summed E-state index contributed by atoms with van der Waals surface area (Å²) in [5.41, 5.74) is 3.43. The highest BCUT2D eigenvalue weighted by Crippen LogP contribution is 2.15. The van der Waals surface area contributed by atoms with Crippen molar-refractivity contribution in [1.29, 1.82) is 0 Å². The second-order valence-electron chi connectivity index (χ2n) is 3.29. The Morgan fingerprint density at radius 3 is 2.82 bits per heavy atom. The van der Waals surface area contributed by atoms with Crippen molar-refractivity contribution in [2.45, 2.75) is 0 Å². The van der Waals surface area contributed by atoms with Crippen LogP contribution in [0.3, 0.4) is 0 Å². The number of rotatable bonds is 4. The molecule has 17 heavy (non-hydrogen) atoms. The number of hydrogen-bond acceptors (Lipinski definition) is 5. The first-order valence-corrected chi connectivity index (χ1v) is 5.13. The quantitative estimate of drug-likeness (QED) is 0.811. The van der Waals surface area contributed by atoms with E-state index in [1.165, 1.54) is 5.23 Å². The van der Waals surface area contributed by atoms with Crippen LogP contribution in [-0.2, 0) is 0 Å². The zero-order chi connectivity index (χ0) is 12.1. The summed E-state index contributed by atoms with van der Waals surface area (Å²) in [6.45, 7) is 0.212. The van der Waals surface area contributed by atoms with Crippen LogP contribution in [0.25, 0.3) is 0 Å². The largest absolute Gasteiger partial charge is 0.394 e. The third kappa shape index (κ3) is 2.73. The number of halogens is 1. The highest BCUT2D eigenvalue weighted by Gasteiger charge is 2.16. The summed E-state index contributed by atoms with van der Waals surface area (Å²) in [4.78, 5) is 0. The first-order valence-electron chi connectivity index (χ1n) is 5.13. The number of para-hydroxylation sites is 1. The fraction of sp³-hybridized carbons (Fsp3) is 0.182. The molecule has 0 spiro atoms. The van der Waals surface area contributed by atoms with Crippen LogP contribution >= 0.6 is 0 Å². The van der Waals surface area contributed by atoms with Crippen LogP contribution in [0.5, 0.6) is 0 Å². The van der Waals surface area contributed by atoms with Gasteiger partial charge in [-0.1, -0.05) is 18.2 Å². The number of hydrazone groups is 1. The van der Waals surface area contributed by atoms with Crippen LogP contribution in [0.1, 0.15) is 0 Å². The molecule has 89 valence electrons. The van der Waals surface area contributed by atoms with Gasteiger partial charge in [-0.15, -0.1) is 10.3 Å². The summed E-state index contributed by atoms with van der Waals surface area (Å²) in [6.07, 6.45) is 3.61. The van der Waals surface area contributed by atoms with Crippen LogP contribution in [0.4, 0.5) is 10.1 Å². The van der Waals surface area contributed by atoms with E-state index < -0.39 is 5.97 Å². The van der Waals surface area contributed by atoms with Crippen molar-refractivity contribution in [3.8, 4) is 0 Å². The molecule has 2 N–H and O–H groups in total. The zero-order valence-corrected chi connectivity index (χ0v) is 9.05. The lowest BCUT2D eigenvalue weighted by atomic mass is 10.3. The van der Waals surface area contributed by atoms with Gasteiger partial charge in [-0.3, -0.25) is 5.43 Å². The Balaban J connectivity index is 2.21. The minimum absolute atomic E-state index is 0.0755. The van der Waals surface area contributed by atoms with Gasteiger partial charge in [0.1, 0.15) is 0 Å². The predicted octanol–water partition coefficient (Wildman–Crippen LogP) is 0.820. The van der Waals surface area contributed by atoms with Gasteiger partial charge in [0.25, 0.3) is 0 Å². The molecular formula is C11H12FN4O. The molecule has 0 saturated carbocycles. The fourth-order valence-corrected chi connectivity index (χ4v) is 1.44. The average Bonchev–Trinajstić information content (AvgIpc) is 2.37. The average molecular weight is 235 g/mol. The highest BCUT2D eigenvalue weighted by atomic mass is 19.1. The van der Waals surface area contributed by atoms with Gasteiger partial charge in [-0.2, -0.15) is 4.39 Å². The SMILES string of the molecule is OCCN(c1ccccc1)N1N=C(F)C=[C]N1. The Morgan fingerprint density at radius 2 is 2.18 bits per heavy atom. The molecule has 0 fully saturated rings. The highest BCUT2D eigenvalue weighted by molar-refractivity contribution is 5.86. The lowest BCUT2D eigenvalue weighted by molar-refractivity contribution is 0.176. The number of hydrazine groups is 2. The van der Waals surface area contributed by atoms with E-state index >= 15 is 0 Å². The summed E-state index contributed by atoms with van der Waals surface area (Å²) < 4.78 is 13.0. The van der Waals surface area contributed by atoms with Gasteiger partial charge in [0.15, 0.2) is 0 Å². The van der Waals surface area contributed by atoms with Gasteiger partial charge in [0.2, 0.25) is 5.97 Å². The Hall–Kier alpha value is -2.08. The van der Waals surface area contributed by atoms with Crippen molar-refractivity contribution < 1.29 is 9.50 Å². The molecule has 1 radical (unpaired) electrons. The number of anilines is 1. The van der Waals surface area contributed by atoms with E-state index in [1.54, 1.807) is 5.01 Å². The molecule has 0 saturated heterocycles. The van der Waals surface area contributed by atoms with E-state index in [1.807, 2.05) is 30.3 Å². The number of allylic oxidation sites excluding steroid dienone is 1. The molecule has 0 atom stereocenters. The molecule has 0 aromatic heterocycles. The topological polar surface area (TPSA) is 51.1 Å². The molecule has 6 heteroatoms. The summed E-state index contributed by atoms with van der Waals surface area (Å²) in [5, 5.41) is 15.5. The Kier molecular flexibility index (Phi) is 3.56. The number of nitrogens with one attached hydrogen (secondary N) is 1. The Morgan fingerprint density at radius 1 is 1.41 bits per heavy atom. The number of aliphatic hydroxyl groups excluding tert-OH is 1. The Labute approximate surface area is 98.4 Å². The molecule has 1 aliphatic rings. The number of benzene rings is 1. The zero-order valence-electron chi connectivity index (χ0n) is 9.05. The van der Waals surface area contributed by atoms with Crippen LogP contribution in [-0.4, -0.2) is 29.5 Å². The predicted molar refractivity (Wildman–Crippen MR) is 62.2 cm³/mol. The molecule has 0 aliphatic carbocycles. The van der Waals surface area contributed by atoms with Crippen LogP contribution in [0.15, 0.2) is 41.5 Å².